The first kappa shape index (κ1) is 21.5. The van der Waals surface area contributed by atoms with Crippen molar-refractivity contribution < 1.29 is 5.11 Å². The minimum Gasteiger partial charge on any atom is -0.508 e. The number of benzene rings is 2. The van der Waals surface area contributed by atoms with Crippen LogP contribution in [0.3, 0.4) is 0 Å². The van der Waals surface area contributed by atoms with Crippen LogP contribution in [0, 0.1) is 13.8 Å². The van der Waals surface area contributed by atoms with Crippen molar-refractivity contribution in [2.24, 2.45) is 0 Å². The van der Waals surface area contributed by atoms with E-state index in [1.165, 1.54) is 0 Å². The summed E-state index contributed by atoms with van der Waals surface area (Å²) in [6.45, 7) is 4.22. The molecule has 1 aliphatic rings. The van der Waals surface area contributed by atoms with E-state index in [9.17, 15) is 5.11 Å². The molecule has 7 heteroatoms. The molecule has 33 heavy (non-hydrogen) atoms. The summed E-state index contributed by atoms with van der Waals surface area (Å²) in [4.78, 5) is 6.74. The van der Waals surface area contributed by atoms with Gasteiger partial charge in [-0.05, 0) is 92.3 Å². The standard InChI is InChI=1S/C26H23ClN4OS/c1-16-14-22(17(2)30(16)20-7-5-6-18(27)15-20)25-24(23-8-3-4-13-28-23)29-26(33)31(25)19-9-11-21(32)12-10-19/h3-15,24-25,32H,1-2H3,(H,29,33)/t24-,25+/m0/s1. The zero-order valence-electron chi connectivity index (χ0n) is 18.2. The van der Waals surface area contributed by atoms with Crippen LogP contribution in [0.2, 0.25) is 5.02 Å². The van der Waals surface area contributed by atoms with Crippen LogP contribution in [-0.4, -0.2) is 19.8 Å². The normalized spacial score (nSPS) is 17.9. The van der Waals surface area contributed by atoms with Crippen LogP contribution in [0.15, 0.2) is 79.0 Å². The Labute approximate surface area is 203 Å². The number of nitrogens with one attached hydrogen (secondary N) is 1. The van der Waals surface area contributed by atoms with Gasteiger partial charge in [-0.15, -0.1) is 0 Å². The highest BCUT2D eigenvalue weighted by molar-refractivity contribution is 7.80. The molecular weight excluding hydrogens is 452 g/mol. The van der Waals surface area contributed by atoms with E-state index in [-0.39, 0.29) is 17.8 Å². The zero-order chi connectivity index (χ0) is 23.1. The molecule has 0 unspecified atom stereocenters. The summed E-state index contributed by atoms with van der Waals surface area (Å²) in [5.41, 5.74) is 6.19. The van der Waals surface area contributed by atoms with Crippen molar-refractivity contribution in [2.45, 2.75) is 25.9 Å². The second-order valence-corrected chi connectivity index (χ2v) is 8.98. The Bertz CT molecular complexity index is 1320. The van der Waals surface area contributed by atoms with Gasteiger partial charge in [0.25, 0.3) is 0 Å². The minimum atomic E-state index is -0.138. The van der Waals surface area contributed by atoms with Crippen LogP contribution in [0.5, 0.6) is 5.75 Å². The third-order valence-electron chi connectivity index (χ3n) is 6.08. The molecule has 166 valence electrons. The van der Waals surface area contributed by atoms with Crippen LogP contribution in [0.1, 0.15) is 34.7 Å². The van der Waals surface area contributed by atoms with Crippen molar-refractivity contribution in [1.29, 1.82) is 0 Å². The molecule has 5 rings (SSSR count). The van der Waals surface area contributed by atoms with Crippen molar-refractivity contribution in [2.75, 3.05) is 4.90 Å². The van der Waals surface area contributed by atoms with Crippen LogP contribution in [0.25, 0.3) is 5.69 Å². The maximum absolute atomic E-state index is 9.82. The highest BCUT2D eigenvalue weighted by Crippen LogP contribution is 2.44. The molecule has 0 bridgehead atoms. The Morgan fingerprint density at radius 2 is 1.76 bits per heavy atom. The predicted molar refractivity (Wildman–Crippen MR) is 136 cm³/mol. The number of aryl methyl sites for hydroxylation is 1. The minimum absolute atomic E-state index is 0.129. The molecule has 2 aromatic heterocycles. The molecule has 0 saturated carbocycles. The summed E-state index contributed by atoms with van der Waals surface area (Å²) in [5, 5.41) is 14.6. The highest BCUT2D eigenvalue weighted by Gasteiger charge is 2.42. The van der Waals surface area contributed by atoms with Crippen molar-refractivity contribution in [3.05, 3.63) is 107 Å². The molecule has 2 aromatic carbocycles. The van der Waals surface area contributed by atoms with E-state index >= 15 is 0 Å². The fourth-order valence-corrected chi connectivity index (χ4v) is 5.19. The van der Waals surface area contributed by atoms with Gasteiger partial charge in [0.15, 0.2) is 5.11 Å². The topological polar surface area (TPSA) is 53.3 Å². The van der Waals surface area contributed by atoms with Gasteiger partial charge in [0.2, 0.25) is 0 Å². The van der Waals surface area contributed by atoms with E-state index in [4.69, 9.17) is 23.8 Å². The number of phenols is 1. The molecule has 1 saturated heterocycles. The molecular formula is C26H23ClN4OS. The van der Waals surface area contributed by atoms with Crippen molar-refractivity contribution in [3.8, 4) is 11.4 Å². The Morgan fingerprint density at radius 3 is 2.45 bits per heavy atom. The quantitative estimate of drug-likeness (QED) is 0.354. The van der Waals surface area contributed by atoms with Crippen molar-refractivity contribution in [1.82, 2.24) is 14.9 Å². The summed E-state index contributed by atoms with van der Waals surface area (Å²) >= 11 is 12.1. The smallest absolute Gasteiger partial charge is 0.174 e. The molecule has 4 aromatic rings. The Hall–Kier alpha value is -3.35. The van der Waals surface area contributed by atoms with Gasteiger partial charge in [-0.1, -0.05) is 23.7 Å². The monoisotopic (exact) mass is 474 g/mol. The van der Waals surface area contributed by atoms with Gasteiger partial charge in [-0.3, -0.25) is 4.98 Å². The molecule has 1 aliphatic heterocycles. The summed E-state index contributed by atoms with van der Waals surface area (Å²) in [7, 11) is 0. The van der Waals surface area contributed by atoms with Crippen molar-refractivity contribution >= 4 is 34.6 Å². The molecule has 0 spiro atoms. The lowest BCUT2D eigenvalue weighted by Gasteiger charge is -2.28. The molecule has 2 atom stereocenters. The van der Waals surface area contributed by atoms with E-state index in [0.717, 1.165) is 34.0 Å². The largest absolute Gasteiger partial charge is 0.508 e. The molecule has 0 amide bonds. The number of pyridine rings is 1. The number of rotatable bonds is 4. The second-order valence-electron chi connectivity index (χ2n) is 8.15. The molecule has 0 radical (unpaired) electrons. The Balaban J connectivity index is 1.68. The van der Waals surface area contributed by atoms with Gasteiger partial charge in [0.1, 0.15) is 5.75 Å². The van der Waals surface area contributed by atoms with Gasteiger partial charge in [-0.25, -0.2) is 0 Å². The van der Waals surface area contributed by atoms with Gasteiger partial charge in [-0.2, -0.15) is 0 Å². The van der Waals surface area contributed by atoms with E-state index < -0.39 is 0 Å². The average molecular weight is 475 g/mol. The molecule has 5 nitrogen and oxygen atoms in total. The molecule has 2 N–H and O–H groups in total. The molecule has 3 heterocycles. The summed E-state index contributed by atoms with van der Waals surface area (Å²) in [6.07, 6.45) is 1.80. The summed E-state index contributed by atoms with van der Waals surface area (Å²) < 4.78 is 2.22. The Morgan fingerprint density at radius 1 is 0.970 bits per heavy atom. The number of thiocarbonyl (C=S) groups is 1. The number of hydrogen-bond donors (Lipinski definition) is 2. The van der Waals surface area contributed by atoms with Crippen LogP contribution in [0.4, 0.5) is 5.69 Å². The number of aromatic hydroxyl groups is 1. The van der Waals surface area contributed by atoms with Gasteiger partial charge < -0.3 is 19.9 Å². The van der Waals surface area contributed by atoms with Crippen LogP contribution < -0.4 is 10.2 Å². The third-order valence-corrected chi connectivity index (χ3v) is 6.63. The maximum atomic E-state index is 9.82. The fourth-order valence-electron chi connectivity index (χ4n) is 4.66. The predicted octanol–water partition coefficient (Wildman–Crippen LogP) is 6.03. The number of hydrogen-bond acceptors (Lipinski definition) is 3. The van der Waals surface area contributed by atoms with Gasteiger partial charge in [0.05, 0.1) is 17.8 Å². The first-order chi connectivity index (χ1) is 15.9. The van der Waals surface area contributed by atoms with Crippen LogP contribution in [-0.2, 0) is 0 Å². The lowest BCUT2D eigenvalue weighted by atomic mass is 9.96. The molecule has 0 aliphatic carbocycles. The summed E-state index contributed by atoms with van der Waals surface area (Å²) in [5.74, 6) is 0.216. The lowest BCUT2D eigenvalue weighted by molar-refractivity contribution is 0.475. The third kappa shape index (κ3) is 3.86. The SMILES string of the molecule is Cc1cc([C@@H]2[C@H](c3ccccn3)NC(=S)N2c2ccc(O)cc2)c(C)n1-c1cccc(Cl)c1. The van der Waals surface area contributed by atoms with E-state index in [2.05, 4.69) is 45.7 Å². The molecule has 1 fully saturated rings. The second kappa shape index (κ2) is 8.54. The number of nitrogens with zero attached hydrogens (tertiary/aromatic N) is 3. The van der Waals surface area contributed by atoms with Gasteiger partial charge >= 0.3 is 0 Å². The summed E-state index contributed by atoms with van der Waals surface area (Å²) in [6, 6.07) is 22.8. The first-order valence-corrected chi connectivity index (χ1v) is 11.5. The van der Waals surface area contributed by atoms with E-state index in [1.54, 1.807) is 18.3 Å². The average Bonchev–Trinajstić information content (AvgIpc) is 3.30. The fraction of sp³-hybridized carbons (Fsp3) is 0.154. The van der Waals surface area contributed by atoms with Crippen molar-refractivity contribution in [3.63, 3.8) is 0 Å². The number of aromatic nitrogens is 2. The number of phenolic OH excluding ortho intramolecular Hbond substituents is 1. The first-order valence-electron chi connectivity index (χ1n) is 10.7. The highest BCUT2D eigenvalue weighted by atomic mass is 35.5. The maximum Gasteiger partial charge on any atom is 0.174 e. The van der Waals surface area contributed by atoms with E-state index in [0.29, 0.717) is 10.1 Å². The number of anilines is 1. The lowest BCUT2D eigenvalue weighted by Crippen LogP contribution is -2.29. The van der Waals surface area contributed by atoms with Gasteiger partial charge in [0, 0.05) is 34.0 Å². The van der Waals surface area contributed by atoms with E-state index in [1.807, 2.05) is 48.5 Å². The zero-order valence-corrected chi connectivity index (χ0v) is 19.8. The number of halogens is 1. The Kier molecular flexibility index (Phi) is 5.56. The van der Waals surface area contributed by atoms with Crippen LogP contribution >= 0.6 is 23.8 Å².